The highest BCUT2D eigenvalue weighted by atomic mass is 16.4. The molecule has 0 radical (unpaired) electrons. The molecule has 1 aromatic rings. The van der Waals surface area contributed by atoms with Gasteiger partial charge in [-0.1, -0.05) is 0 Å². The molecule has 0 saturated carbocycles. The molecule has 2 heterocycles. The van der Waals surface area contributed by atoms with Crippen LogP contribution in [0, 0.1) is 12.3 Å². The molecule has 0 bridgehead atoms. The molecule has 0 aromatic carbocycles. The van der Waals surface area contributed by atoms with Crippen molar-refractivity contribution in [2.75, 3.05) is 13.1 Å². The van der Waals surface area contributed by atoms with Crippen LogP contribution in [0.4, 0.5) is 4.79 Å². The van der Waals surface area contributed by atoms with E-state index in [0.717, 1.165) is 5.76 Å². The van der Waals surface area contributed by atoms with Crippen LogP contribution in [0.1, 0.15) is 44.3 Å². The van der Waals surface area contributed by atoms with E-state index in [1.165, 1.54) is 0 Å². The monoisotopic (exact) mass is 294 g/mol. The van der Waals surface area contributed by atoms with E-state index in [1.807, 2.05) is 26.0 Å². The Morgan fingerprint density at radius 3 is 2.76 bits per heavy atom. The van der Waals surface area contributed by atoms with E-state index in [2.05, 4.69) is 5.32 Å². The third-order valence-corrected chi connectivity index (χ3v) is 4.03. The van der Waals surface area contributed by atoms with Crippen molar-refractivity contribution >= 4 is 12.0 Å². The first kappa shape index (κ1) is 15.4. The van der Waals surface area contributed by atoms with Gasteiger partial charge in [-0.15, -0.1) is 0 Å². The molecule has 1 fully saturated rings. The van der Waals surface area contributed by atoms with Crippen LogP contribution < -0.4 is 5.32 Å². The molecule has 2 rings (SSSR count). The molecule has 2 atom stereocenters. The number of carboxylic acid groups (broad SMARTS) is 1. The molecule has 116 valence electrons. The quantitative estimate of drug-likeness (QED) is 0.897. The highest BCUT2D eigenvalue weighted by Crippen LogP contribution is 2.30. The Morgan fingerprint density at radius 1 is 1.48 bits per heavy atom. The van der Waals surface area contributed by atoms with Crippen LogP contribution in [-0.2, 0) is 4.79 Å². The molecule has 1 aromatic heterocycles. The van der Waals surface area contributed by atoms with Gasteiger partial charge in [0, 0.05) is 13.1 Å². The number of carbonyl (C=O) groups is 2. The molecular weight excluding hydrogens is 272 g/mol. The predicted octanol–water partition coefficient (Wildman–Crippen LogP) is 2.55. The van der Waals surface area contributed by atoms with Crippen LogP contribution >= 0.6 is 0 Å². The lowest BCUT2D eigenvalue weighted by atomic mass is 9.82. The summed E-state index contributed by atoms with van der Waals surface area (Å²) >= 11 is 0. The van der Waals surface area contributed by atoms with Gasteiger partial charge in [-0.3, -0.25) is 4.79 Å². The number of carboxylic acids is 1. The second kappa shape index (κ2) is 5.79. The van der Waals surface area contributed by atoms with Gasteiger partial charge in [0.25, 0.3) is 0 Å². The fourth-order valence-corrected chi connectivity index (χ4v) is 2.62. The summed E-state index contributed by atoms with van der Waals surface area (Å²) in [7, 11) is 0. The summed E-state index contributed by atoms with van der Waals surface area (Å²) in [6.07, 6.45) is 1.30. The zero-order chi connectivity index (χ0) is 15.6. The Kier molecular flexibility index (Phi) is 4.25. The minimum atomic E-state index is -0.861. The van der Waals surface area contributed by atoms with E-state index in [1.54, 1.807) is 11.8 Å². The van der Waals surface area contributed by atoms with Gasteiger partial charge in [-0.2, -0.15) is 0 Å². The number of urea groups is 1. The number of likely N-dealkylation sites (tertiary alicyclic amines) is 1. The van der Waals surface area contributed by atoms with Crippen molar-refractivity contribution in [2.45, 2.75) is 39.7 Å². The molecule has 1 aliphatic heterocycles. The Hall–Kier alpha value is -1.98. The Labute approximate surface area is 124 Å². The number of nitrogens with zero attached hydrogens (tertiary/aromatic N) is 1. The molecule has 2 N–H and O–H groups in total. The van der Waals surface area contributed by atoms with E-state index in [4.69, 9.17) is 4.42 Å². The summed E-state index contributed by atoms with van der Waals surface area (Å²) < 4.78 is 5.49. The molecular formula is C15H22N2O4. The molecule has 0 spiro atoms. The number of aryl methyl sites for hydroxylation is 1. The summed E-state index contributed by atoms with van der Waals surface area (Å²) in [5.74, 6) is 0.635. The van der Waals surface area contributed by atoms with Crippen LogP contribution in [0.5, 0.6) is 0 Å². The topological polar surface area (TPSA) is 82.8 Å². The first-order chi connectivity index (χ1) is 9.82. The lowest BCUT2D eigenvalue weighted by Gasteiger charge is -2.37. The number of rotatable bonds is 3. The Bertz CT molecular complexity index is 540. The molecule has 1 aliphatic rings. The zero-order valence-electron chi connectivity index (χ0n) is 12.7. The first-order valence-electron chi connectivity index (χ1n) is 7.17. The number of hydrogen-bond donors (Lipinski definition) is 2. The standard InChI is InChI=1S/C15H22N2O4/c1-10-5-6-12(21-10)11(2)16-14(20)17-8-4-7-15(3,9-17)13(18)19/h5-6,11H,4,7-9H2,1-3H3,(H,16,20)(H,18,19). The number of aliphatic carboxylic acids is 1. The largest absolute Gasteiger partial charge is 0.481 e. The van der Waals surface area contributed by atoms with Crippen LogP contribution in [0.15, 0.2) is 16.5 Å². The van der Waals surface area contributed by atoms with Crippen molar-refractivity contribution in [3.63, 3.8) is 0 Å². The third kappa shape index (κ3) is 3.37. The lowest BCUT2D eigenvalue weighted by Crippen LogP contribution is -2.51. The number of furan rings is 1. The van der Waals surface area contributed by atoms with E-state index in [9.17, 15) is 14.7 Å². The number of carbonyl (C=O) groups excluding carboxylic acids is 1. The average Bonchev–Trinajstić information content (AvgIpc) is 2.85. The van der Waals surface area contributed by atoms with Crippen molar-refractivity contribution in [1.82, 2.24) is 10.2 Å². The highest BCUT2D eigenvalue weighted by Gasteiger charge is 2.39. The molecule has 1 saturated heterocycles. The van der Waals surface area contributed by atoms with Gasteiger partial charge in [0.15, 0.2) is 0 Å². The molecule has 6 heteroatoms. The lowest BCUT2D eigenvalue weighted by molar-refractivity contribution is -0.150. The number of hydrogen-bond acceptors (Lipinski definition) is 3. The van der Waals surface area contributed by atoms with Crippen LogP contribution in [0.2, 0.25) is 0 Å². The van der Waals surface area contributed by atoms with Crippen molar-refractivity contribution in [3.8, 4) is 0 Å². The van der Waals surface area contributed by atoms with Crippen molar-refractivity contribution in [2.24, 2.45) is 5.41 Å². The Morgan fingerprint density at radius 2 is 2.19 bits per heavy atom. The first-order valence-corrected chi connectivity index (χ1v) is 7.17. The van der Waals surface area contributed by atoms with E-state index in [-0.39, 0.29) is 18.6 Å². The second-order valence-corrected chi connectivity index (χ2v) is 6.01. The Balaban J connectivity index is 1.98. The maximum Gasteiger partial charge on any atom is 0.318 e. The third-order valence-electron chi connectivity index (χ3n) is 4.03. The van der Waals surface area contributed by atoms with E-state index < -0.39 is 11.4 Å². The van der Waals surface area contributed by atoms with Gasteiger partial charge in [0.05, 0.1) is 11.5 Å². The van der Waals surface area contributed by atoms with Gasteiger partial charge >= 0.3 is 12.0 Å². The summed E-state index contributed by atoms with van der Waals surface area (Å²) in [5, 5.41) is 12.1. The minimum Gasteiger partial charge on any atom is -0.481 e. The highest BCUT2D eigenvalue weighted by molar-refractivity contribution is 5.78. The summed E-state index contributed by atoms with van der Waals surface area (Å²) in [6.45, 7) is 6.20. The van der Waals surface area contributed by atoms with Crippen LogP contribution in [-0.4, -0.2) is 35.1 Å². The smallest absolute Gasteiger partial charge is 0.318 e. The maximum atomic E-state index is 12.3. The van der Waals surface area contributed by atoms with Crippen molar-refractivity contribution in [3.05, 3.63) is 23.7 Å². The molecule has 2 amide bonds. The van der Waals surface area contributed by atoms with Crippen molar-refractivity contribution in [1.29, 1.82) is 0 Å². The molecule has 21 heavy (non-hydrogen) atoms. The van der Waals surface area contributed by atoms with Gasteiger partial charge in [0.1, 0.15) is 11.5 Å². The SMILES string of the molecule is Cc1ccc(C(C)NC(=O)N2CCCC(C)(C(=O)O)C2)o1. The van der Waals surface area contributed by atoms with Gasteiger partial charge in [-0.05, 0) is 45.7 Å². The minimum absolute atomic E-state index is 0.234. The number of amides is 2. The zero-order valence-corrected chi connectivity index (χ0v) is 12.7. The molecule has 6 nitrogen and oxygen atoms in total. The number of piperidine rings is 1. The van der Waals surface area contributed by atoms with E-state index in [0.29, 0.717) is 25.1 Å². The summed E-state index contributed by atoms with van der Waals surface area (Å²) in [4.78, 5) is 25.2. The average molecular weight is 294 g/mol. The normalized spacial score (nSPS) is 23.7. The summed E-state index contributed by atoms with van der Waals surface area (Å²) in [5.41, 5.74) is -0.861. The number of nitrogens with one attached hydrogen (secondary N) is 1. The van der Waals surface area contributed by atoms with Crippen molar-refractivity contribution < 1.29 is 19.1 Å². The van der Waals surface area contributed by atoms with Gasteiger partial charge in [-0.25, -0.2) is 4.79 Å². The van der Waals surface area contributed by atoms with E-state index >= 15 is 0 Å². The molecule has 0 aliphatic carbocycles. The summed E-state index contributed by atoms with van der Waals surface area (Å²) in [6, 6.07) is 3.19. The van der Waals surface area contributed by atoms with Crippen LogP contribution in [0.3, 0.4) is 0 Å². The van der Waals surface area contributed by atoms with Crippen LogP contribution in [0.25, 0.3) is 0 Å². The predicted molar refractivity (Wildman–Crippen MR) is 76.9 cm³/mol. The fourth-order valence-electron chi connectivity index (χ4n) is 2.62. The molecule has 2 unspecified atom stereocenters. The van der Waals surface area contributed by atoms with Gasteiger partial charge in [0.2, 0.25) is 0 Å². The van der Waals surface area contributed by atoms with Gasteiger partial charge < -0.3 is 19.7 Å². The second-order valence-electron chi connectivity index (χ2n) is 6.01. The fraction of sp³-hybridized carbons (Fsp3) is 0.600. The maximum absolute atomic E-state index is 12.3.